The van der Waals surface area contributed by atoms with Gasteiger partial charge in [-0.3, -0.25) is 14.7 Å². The Labute approximate surface area is 162 Å². The van der Waals surface area contributed by atoms with Crippen molar-refractivity contribution < 1.29 is 4.79 Å². The first kappa shape index (κ1) is 22.4. The van der Waals surface area contributed by atoms with E-state index in [9.17, 15) is 4.79 Å². The molecule has 0 radical (unpaired) electrons. The number of hydrogen-bond donors (Lipinski definition) is 3. The van der Waals surface area contributed by atoms with E-state index in [1.807, 2.05) is 17.5 Å². The highest BCUT2D eigenvalue weighted by molar-refractivity contribution is 7.12. The third-order valence-corrected chi connectivity index (χ3v) is 4.84. The molecule has 0 aromatic carbocycles. The molecular formula is C19H35N5OS. The van der Waals surface area contributed by atoms with E-state index < -0.39 is 0 Å². The lowest BCUT2D eigenvalue weighted by Gasteiger charge is -2.30. The molecule has 0 aliphatic rings. The van der Waals surface area contributed by atoms with Crippen molar-refractivity contribution in [3.63, 3.8) is 0 Å². The van der Waals surface area contributed by atoms with E-state index in [4.69, 9.17) is 0 Å². The van der Waals surface area contributed by atoms with E-state index in [0.29, 0.717) is 25.2 Å². The first-order valence-corrected chi connectivity index (χ1v) is 10.4. The van der Waals surface area contributed by atoms with E-state index in [2.05, 4.69) is 60.5 Å². The molecule has 0 fully saturated rings. The van der Waals surface area contributed by atoms with Crippen LogP contribution in [0.4, 0.5) is 0 Å². The molecular weight excluding hydrogens is 346 g/mol. The van der Waals surface area contributed by atoms with E-state index in [0.717, 1.165) is 36.9 Å². The summed E-state index contributed by atoms with van der Waals surface area (Å²) in [7, 11) is 0. The van der Waals surface area contributed by atoms with E-state index in [1.54, 1.807) is 0 Å². The summed E-state index contributed by atoms with van der Waals surface area (Å²) in [5, 5.41) is 11.5. The fourth-order valence-electron chi connectivity index (χ4n) is 2.72. The van der Waals surface area contributed by atoms with Gasteiger partial charge in [0.1, 0.15) is 0 Å². The Morgan fingerprint density at radius 1 is 1.15 bits per heavy atom. The SMILES string of the molecule is CCNC(=NCCCNC(=O)c1cccs1)NCCN(C(C)C)C(C)C. The third kappa shape index (κ3) is 8.67. The molecule has 1 aromatic heterocycles. The zero-order valence-corrected chi connectivity index (χ0v) is 17.7. The molecule has 7 heteroatoms. The van der Waals surface area contributed by atoms with Gasteiger partial charge in [0, 0.05) is 44.8 Å². The molecule has 1 rings (SSSR count). The highest BCUT2D eigenvalue weighted by Gasteiger charge is 2.12. The number of hydrogen-bond acceptors (Lipinski definition) is 4. The Bertz CT molecular complexity index is 520. The van der Waals surface area contributed by atoms with Crippen LogP contribution in [0.15, 0.2) is 22.5 Å². The lowest BCUT2D eigenvalue weighted by molar-refractivity contribution is 0.0957. The summed E-state index contributed by atoms with van der Waals surface area (Å²) in [4.78, 5) is 19.6. The van der Waals surface area contributed by atoms with Crippen LogP contribution in [0.25, 0.3) is 0 Å². The Balaban J connectivity index is 2.30. The molecule has 0 bridgehead atoms. The predicted molar refractivity (Wildman–Crippen MR) is 112 cm³/mol. The second-order valence-corrected chi connectivity index (χ2v) is 7.65. The van der Waals surface area contributed by atoms with Crippen LogP contribution in [-0.2, 0) is 0 Å². The van der Waals surface area contributed by atoms with Gasteiger partial charge >= 0.3 is 0 Å². The largest absolute Gasteiger partial charge is 0.357 e. The standard InChI is InChI=1S/C19H35N5OS/c1-6-20-19(23-12-13-24(15(2)3)16(4)5)22-11-8-10-21-18(25)17-9-7-14-26-17/h7,9,14-16H,6,8,10-13H2,1-5H3,(H,21,25)(H2,20,22,23). The van der Waals surface area contributed by atoms with Gasteiger partial charge in [0.25, 0.3) is 5.91 Å². The van der Waals surface area contributed by atoms with Crippen molar-refractivity contribution in [2.24, 2.45) is 4.99 Å². The molecule has 1 heterocycles. The van der Waals surface area contributed by atoms with Crippen LogP contribution in [0.5, 0.6) is 0 Å². The molecule has 148 valence electrons. The topological polar surface area (TPSA) is 68.8 Å². The minimum Gasteiger partial charge on any atom is -0.357 e. The number of amides is 1. The summed E-state index contributed by atoms with van der Waals surface area (Å²) in [6, 6.07) is 4.78. The summed E-state index contributed by atoms with van der Waals surface area (Å²) in [6.07, 6.45) is 0.817. The molecule has 1 aromatic rings. The number of carbonyl (C=O) groups excluding carboxylic acids is 1. The average molecular weight is 382 g/mol. The summed E-state index contributed by atoms with van der Waals surface area (Å²) >= 11 is 1.46. The monoisotopic (exact) mass is 381 g/mol. The summed E-state index contributed by atoms with van der Waals surface area (Å²) < 4.78 is 0. The zero-order chi connectivity index (χ0) is 19.4. The molecule has 0 aliphatic heterocycles. The average Bonchev–Trinajstić information content (AvgIpc) is 3.12. The van der Waals surface area contributed by atoms with Crippen LogP contribution >= 0.6 is 11.3 Å². The third-order valence-electron chi connectivity index (χ3n) is 3.97. The van der Waals surface area contributed by atoms with Gasteiger partial charge in [-0.25, -0.2) is 0 Å². The van der Waals surface area contributed by atoms with Crippen LogP contribution in [0.2, 0.25) is 0 Å². The Morgan fingerprint density at radius 3 is 2.46 bits per heavy atom. The maximum absolute atomic E-state index is 11.9. The molecule has 3 N–H and O–H groups in total. The first-order chi connectivity index (χ1) is 12.5. The van der Waals surface area contributed by atoms with Crippen molar-refractivity contribution in [1.29, 1.82) is 0 Å². The molecule has 0 atom stereocenters. The Kier molecular flexibility index (Phi) is 11.0. The fraction of sp³-hybridized carbons (Fsp3) is 0.684. The van der Waals surface area contributed by atoms with Crippen molar-refractivity contribution in [3.05, 3.63) is 22.4 Å². The maximum atomic E-state index is 11.9. The lowest BCUT2D eigenvalue weighted by Crippen LogP contribution is -2.45. The van der Waals surface area contributed by atoms with Crippen molar-refractivity contribution in [1.82, 2.24) is 20.9 Å². The minimum absolute atomic E-state index is 0.00327. The number of nitrogens with zero attached hydrogens (tertiary/aromatic N) is 2. The molecule has 1 amide bonds. The predicted octanol–water partition coefficient (Wildman–Crippen LogP) is 2.54. The number of carbonyl (C=O) groups is 1. The van der Waals surface area contributed by atoms with Crippen LogP contribution < -0.4 is 16.0 Å². The Hall–Kier alpha value is -1.60. The number of rotatable bonds is 11. The molecule has 0 unspecified atom stereocenters. The quantitative estimate of drug-likeness (QED) is 0.313. The van der Waals surface area contributed by atoms with Crippen LogP contribution in [0.3, 0.4) is 0 Å². The van der Waals surface area contributed by atoms with Gasteiger partial charge in [0.15, 0.2) is 5.96 Å². The van der Waals surface area contributed by atoms with Gasteiger partial charge in [0.05, 0.1) is 4.88 Å². The molecule has 0 spiro atoms. The Morgan fingerprint density at radius 2 is 1.88 bits per heavy atom. The number of aliphatic imine (C=N–C) groups is 1. The summed E-state index contributed by atoms with van der Waals surface area (Å²) in [5.74, 6) is 0.834. The highest BCUT2D eigenvalue weighted by atomic mass is 32.1. The number of nitrogens with one attached hydrogen (secondary N) is 3. The molecule has 26 heavy (non-hydrogen) atoms. The number of guanidine groups is 1. The maximum Gasteiger partial charge on any atom is 0.261 e. The molecule has 0 saturated heterocycles. The molecule has 0 aliphatic carbocycles. The van der Waals surface area contributed by atoms with Gasteiger partial charge in [0.2, 0.25) is 0 Å². The second kappa shape index (κ2) is 12.7. The molecule has 0 saturated carbocycles. The van der Waals surface area contributed by atoms with E-state index in [-0.39, 0.29) is 5.91 Å². The van der Waals surface area contributed by atoms with Gasteiger partial charge in [-0.2, -0.15) is 0 Å². The van der Waals surface area contributed by atoms with Gasteiger partial charge in [-0.05, 0) is 52.5 Å². The minimum atomic E-state index is -0.00327. The fourth-order valence-corrected chi connectivity index (χ4v) is 3.36. The summed E-state index contributed by atoms with van der Waals surface area (Å²) in [5.41, 5.74) is 0. The normalized spacial score (nSPS) is 12.1. The lowest BCUT2D eigenvalue weighted by atomic mass is 10.2. The first-order valence-electron chi connectivity index (χ1n) is 9.55. The van der Waals surface area contributed by atoms with Crippen molar-refractivity contribution in [2.45, 2.75) is 53.1 Å². The van der Waals surface area contributed by atoms with E-state index in [1.165, 1.54) is 11.3 Å². The van der Waals surface area contributed by atoms with Crippen LogP contribution in [-0.4, -0.2) is 61.6 Å². The van der Waals surface area contributed by atoms with E-state index >= 15 is 0 Å². The van der Waals surface area contributed by atoms with Gasteiger partial charge < -0.3 is 16.0 Å². The van der Waals surface area contributed by atoms with Crippen molar-refractivity contribution in [2.75, 3.05) is 32.7 Å². The zero-order valence-electron chi connectivity index (χ0n) is 16.8. The highest BCUT2D eigenvalue weighted by Crippen LogP contribution is 2.07. The van der Waals surface area contributed by atoms with Gasteiger partial charge in [-0.15, -0.1) is 11.3 Å². The van der Waals surface area contributed by atoms with Crippen molar-refractivity contribution in [3.8, 4) is 0 Å². The summed E-state index contributed by atoms with van der Waals surface area (Å²) in [6.45, 7) is 15.0. The van der Waals surface area contributed by atoms with Gasteiger partial charge in [-0.1, -0.05) is 6.07 Å². The number of thiophene rings is 1. The van der Waals surface area contributed by atoms with Crippen LogP contribution in [0, 0.1) is 0 Å². The smallest absolute Gasteiger partial charge is 0.261 e. The van der Waals surface area contributed by atoms with Crippen molar-refractivity contribution >= 4 is 23.2 Å². The van der Waals surface area contributed by atoms with Crippen LogP contribution in [0.1, 0.15) is 50.7 Å². The molecule has 6 nitrogen and oxygen atoms in total. The second-order valence-electron chi connectivity index (χ2n) is 6.70.